The summed E-state index contributed by atoms with van der Waals surface area (Å²) < 4.78 is 133. The first-order valence-corrected chi connectivity index (χ1v) is 23.1. The van der Waals surface area contributed by atoms with Crippen molar-refractivity contribution in [3.8, 4) is 0 Å². The van der Waals surface area contributed by atoms with Crippen LogP contribution in [0.25, 0.3) is 0 Å². The van der Waals surface area contributed by atoms with Crippen LogP contribution >= 0.6 is 0 Å². The first kappa shape index (κ1) is 47.1. The van der Waals surface area contributed by atoms with Crippen molar-refractivity contribution in [3.05, 3.63) is 95.6 Å². The fraction of sp³-hybridized carbons (Fsp3) is 0.222. The number of amides is 2. The highest BCUT2D eigenvalue weighted by molar-refractivity contribution is 7.87. The molecule has 0 fully saturated rings. The van der Waals surface area contributed by atoms with Gasteiger partial charge in [0.05, 0.1) is 60.8 Å². The zero-order valence-corrected chi connectivity index (χ0v) is 35.2. The average molecular weight is 939 g/mol. The molecule has 0 saturated heterocycles. The highest BCUT2D eigenvalue weighted by atomic mass is 32.2. The van der Waals surface area contributed by atoms with E-state index in [9.17, 15) is 81.3 Å². The molecule has 2 aromatic rings. The lowest BCUT2D eigenvalue weighted by molar-refractivity contribution is -0.136. The third kappa shape index (κ3) is 11.1. The molecule has 26 heteroatoms. The van der Waals surface area contributed by atoms with Gasteiger partial charge in [-0.2, -0.15) is 53.9 Å². The molecule has 5 rings (SSSR count). The Balaban J connectivity index is 1.44. The van der Waals surface area contributed by atoms with Gasteiger partial charge in [0.1, 0.15) is 5.92 Å². The number of benzene rings is 2. The molecular weight excluding hydrogens is 905 g/mol. The van der Waals surface area contributed by atoms with Gasteiger partial charge in [0.25, 0.3) is 52.3 Å². The number of aliphatic carboxylic acids is 2. The summed E-state index contributed by atoms with van der Waals surface area (Å²) in [5.74, 6) is -6.02. The largest absolute Gasteiger partial charge is 0.481 e. The van der Waals surface area contributed by atoms with E-state index >= 15 is 0 Å². The van der Waals surface area contributed by atoms with E-state index in [1.165, 1.54) is 24.3 Å². The van der Waals surface area contributed by atoms with Crippen molar-refractivity contribution < 1.29 is 81.3 Å². The molecule has 330 valence electrons. The van der Waals surface area contributed by atoms with Gasteiger partial charge in [-0.15, -0.1) is 0 Å². The Hall–Kier alpha value is -6.00. The first-order valence-electron chi connectivity index (χ1n) is 17.4. The van der Waals surface area contributed by atoms with E-state index in [-0.39, 0.29) is 23.4 Å². The summed E-state index contributed by atoms with van der Waals surface area (Å²) in [5.41, 5.74) is -1.35. The number of carboxylic acids is 2. The smallest absolute Gasteiger partial charge is 0.309 e. The van der Waals surface area contributed by atoms with Gasteiger partial charge in [-0.05, 0) is 66.3 Å². The third-order valence-corrected chi connectivity index (χ3v) is 12.4. The van der Waals surface area contributed by atoms with Crippen LogP contribution in [0, 0.1) is 11.3 Å². The molecular formula is C36H34N4O18S4. The van der Waals surface area contributed by atoms with Gasteiger partial charge in [-0.25, -0.2) is 0 Å². The molecule has 0 spiro atoms. The molecule has 3 aliphatic rings. The number of carbonyl (C=O) groups is 4. The maximum atomic E-state index is 14.0. The standard InChI is InChI=1S/C36H34N4O18S4/c1-36(2)18-20(9-21(19-36)33-30(17-32(43)44)38-40(35(33)46)23-12-26(61(53,54)55)15-27(13-23)62(56,57)58)7-5-3-4-6-8-28-29(16-31(41)42)37-39(34(28)45)22-10-24(59(47,48)49)14-25(11-22)60(50,51)52/h3-15,33H,16-19H2,1-2H3,(H,41,42)(H,43,44)(H,47,48,49)(H,50,51,52)(H,53,54,55)(H,56,57,58)/b5-3+,6-4+,20-7-,28-8-. The molecule has 2 amide bonds. The number of allylic oxidation sites excluding steroid dienone is 8. The predicted octanol–water partition coefficient (Wildman–Crippen LogP) is 3.06. The SMILES string of the molecule is CC1(C)CC(C2C(=O)N(c3cc(S(=O)(=O)O)cc(S(=O)(=O)O)c3)N=C2CC(=O)O)=C/C(=C/C=C/C=C/C=C2\C(=O)N(c3cc(S(=O)(=O)O)cc(S(=O)(=O)O)c3)N=C2CC(=O)O)C1. The summed E-state index contributed by atoms with van der Waals surface area (Å²) in [6.07, 6.45) is 9.36. The van der Waals surface area contributed by atoms with Gasteiger partial charge < -0.3 is 10.2 Å². The molecule has 0 saturated carbocycles. The topological polar surface area (TPSA) is 357 Å². The highest BCUT2D eigenvalue weighted by Crippen LogP contribution is 2.43. The number of hydrogen-bond donors (Lipinski definition) is 6. The van der Waals surface area contributed by atoms with Crippen LogP contribution in [0.3, 0.4) is 0 Å². The molecule has 1 aliphatic carbocycles. The first-order chi connectivity index (χ1) is 28.4. The maximum absolute atomic E-state index is 14.0. The molecule has 0 bridgehead atoms. The number of hydrazone groups is 2. The summed E-state index contributed by atoms with van der Waals surface area (Å²) in [5, 5.41) is 28.2. The quantitative estimate of drug-likeness (QED) is 0.0900. The minimum atomic E-state index is -5.08. The molecule has 2 heterocycles. The minimum Gasteiger partial charge on any atom is -0.481 e. The lowest BCUT2D eigenvalue weighted by Crippen LogP contribution is -2.32. The molecule has 2 aromatic carbocycles. The van der Waals surface area contributed by atoms with Gasteiger partial charge in [0.2, 0.25) is 0 Å². The predicted molar refractivity (Wildman–Crippen MR) is 216 cm³/mol. The minimum absolute atomic E-state index is 0.182. The normalized spacial score (nSPS) is 20.1. The van der Waals surface area contributed by atoms with Crippen LogP contribution in [0.1, 0.15) is 39.5 Å². The Bertz CT molecular complexity index is 2900. The Morgan fingerprint density at radius 3 is 1.56 bits per heavy atom. The third-order valence-electron chi connectivity index (χ3n) is 9.05. The van der Waals surface area contributed by atoms with E-state index in [2.05, 4.69) is 10.2 Å². The monoisotopic (exact) mass is 938 g/mol. The molecule has 1 atom stereocenters. The van der Waals surface area contributed by atoms with Gasteiger partial charge in [-0.1, -0.05) is 55.9 Å². The zero-order valence-electron chi connectivity index (χ0n) is 31.9. The Morgan fingerprint density at radius 1 is 0.661 bits per heavy atom. The fourth-order valence-corrected chi connectivity index (χ4v) is 8.97. The van der Waals surface area contributed by atoms with Gasteiger partial charge >= 0.3 is 11.9 Å². The lowest BCUT2D eigenvalue weighted by Gasteiger charge is -2.33. The zero-order chi connectivity index (χ0) is 46.3. The second-order valence-electron chi connectivity index (χ2n) is 14.5. The summed E-state index contributed by atoms with van der Waals surface area (Å²) in [6, 6.07) is 3.68. The summed E-state index contributed by atoms with van der Waals surface area (Å²) in [6.45, 7) is 3.73. The van der Waals surface area contributed by atoms with Crippen LogP contribution in [-0.2, 0) is 59.7 Å². The van der Waals surface area contributed by atoms with Crippen molar-refractivity contribution in [2.75, 3.05) is 10.0 Å². The Morgan fingerprint density at radius 2 is 1.11 bits per heavy atom. The number of hydrogen-bond acceptors (Lipinski definition) is 14. The van der Waals surface area contributed by atoms with E-state index in [1.54, 1.807) is 18.2 Å². The van der Waals surface area contributed by atoms with Crippen LogP contribution in [0.5, 0.6) is 0 Å². The van der Waals surface area contributed by atoms with Gasteiger partial charge in [0.15, 0.2) is 0 Å². The van der Waals surface area contributed by atoms with Gasteiger partial charge in [-0.3, -0.25) is 37.4 Å². The van der Waals surface area contributed by atoms with Crippen LogP contribution in [0.2, 0.25) is 0 Å². The van der Waals surface area contributed by atoms with Crippen molar-refractivity contribution in [3.63, 3.8) is 0 Å². The van der Waals surface area contributed by atoms with Gasteiger partial charge in [0, 0.05) is 0 Å². The van der Waals surface area contributed by atoms with Crippen molar-refractivity contribution in [1.29, 1.82) is 0 Å². The number of anilines is 2. The van der Waals surface area contributed by atoms with E-state index in [0.29, 0.717) is 51.9 Å². The number of carboxylic acid groups (broad SMARTS) is 2. The molecule has 0 aromatic heterocycles. The number of carbonyl (C=O) groups excluding carboxylic acids is 2. The lowest BCUT2D eigenvalue weighted by atomic mass is 9.71. The van der Waals surface area contributed by atoms with Crippen molar-refractivity contribution in [2.24, 2.45) is 21.5 Å². The maximum Gasteiger partial charge on any atom is 0.309 e. The molecule has 22 nitrogen and oxygen atoms in total. The van der Waals surface area contributed by atoms with Crippen LogP contribution in [0.15, 0.2) is 125 Å². The van der Waals surface area contributed by atoms with Crippen molar-refractivity contribution >= 4 is 87.0 Å². The molecule has 2 aliphatic heterocycles. The van der Waals surface area contributed by atoms with Crippen LogP contribution in [0.4, 0.5) is 11.4 Å². The second-order valence-corrected chi connectivity index (χ2v) is 20.2. The fourth-order valence-electron chi connectivity index (χ4n) is 6.64. The van der Waals surface area contributed by atoms with E-state index in [4.69, 9.17) is 0 Å². The van der Waals surface area contributed by atoms with Crippen molar-refractivity contribution in [2.45, 2.75) is 59.1 Å². The van der Waals surface area contributed by atoms with E-state index < -0.39 is 119 Å². The van der Waals surface area contributed by atoms with Crippen LogP contribution in [-0.4, -0.2) is 97.3 Å². The molecule has 0 radical (unpaired) electrons. The summed E-state index contributed by atoms with van der Waals surface area (Å²) in [4.78, 5) is 46.8. The highest BCUT2D eigenvalue weighted by Gasteiger charge is 2.43. The molecule has 1 unspecified atom stereocenters. The Kier molecular flexibility index (Phi) is 12.9. The van der Waals surface area contributed by atoms with E-state index in [0.717, 1.165) is 12.1 Å². The van der Waals surface area contributed by atoms with Crippen LogP contribution < -0.4 is 10.0 Å². The number of nitrogens with zero attached hydrogens (tertiary/aromatic N) is 4. The molecule has 6 N–H and O–H groups in total. The second kappa shape index (κ2) is 17.0. The summed E-state index contributed by atoms with van der Waals surface area (Å²) >= 11 is 0. The van der Waals surface area contributed by atoms with E-state index in [1.807, 2.05) is 13.8 Å². The summed E-state index contributed by atoms with van der Waals surface area (Å²) in [7, 11) is -20.3. The Labute approximate surface area is 353 Å². The molecule has 62 heavy (non-hydrogen) atoms. The van der Waals surface area contributed by atoms with Crippen molar-refractivity contribution in [1.82, 2.24) is 0 Å². The average Bonchev–Trinajstić information content (AvgIpc) is 3.60. The number of rotatable bonds is 14.